The maximum Gasteiger partial charge on any atom is 0.0107 e. The zero-order valence-corrected chi connectivity index (χ0v) is 11.3. The van der Waals surface area contributed by atoms with Gasteiger partial charge in [-0.3, -0.25) is 0 Å². The third-order valence-corrected chi connectivity index (χ3v) is 3.77. The molecule has 0 atom stereocenters. The SMILES string of the molecule is CCN(CC)CCNCC1CCN(C)CC1. The summed E-state index contributed by atoms with van der Waals surface area (Å²) in [5.74, 6) is 0.910. The molecule has 96 valence electrons. The van der Waals surface area contributed by atoms with Gasteiger partial charge in [-0.2, -0.15) is 0 Å². The van der Waals surface area contributed by atoms with Crippen molar-refractivity contribution >= 4 is 0 Å². The summed E-state index contributed by atoms with van der Waals surface area (Å²) in [6.07, 6.45) is 2.74. The van der Waals surface area contributed by atoms with Gasteiger partial charge in [-0.25, -0.2) is 0 Å². The number of nitrogens with one attached hydrogen (secondary N) is 1. The average molecular weight is 227 g/mol. The quantitative estimate of drug-likeness (QED) is 0.661. The topological polar surface area (TPSA) is 18.5 Å². The third kappa shape index (κ3) is 5.28. The van der Waals surface area contributed by atoms with Gasteiger partial charge in [0.1, 0.15) is 0 Å². The van der Waals surface area contributed by atoms with Crippen LogP contribution in [0.15, 0.2) is 0 Å². The standard InChI is InChI=1S/C13H29N3/c1-4-16(5-2)11-8-14-12-13-6-9-15(3)10-7-13/h13-14H,4-12H2,1-3H3. The molecule has 1 N–H and O–H groups in total. The van der Waals surface area contributed by atoms with Gasteiger partial charge in [0.05, 0.1) is 0 Å². The van der Waals surface area contributed by atoms with E-state index in [1.54, 1.807) is 0 Å². The van der Waals surface area contributed by atoms with Gasteiger partial charge in [-0.1, -0.05) is 13.8 Å². The number of hydrogen-bond acceptors (Lipinski definition) is 3. The first-order valence-corrected chi connectivity index (χ1v) is 6.87. The van der Waals surface area contributed by atoms with E-state index in [2.05, 4.69) is 36.0 Å². The smallest absolute Gasteiger partial charge is 0.0107 e. The van der Waals surface area contributed by atoms with Crippen LogP contribution in [0.2, 0.25) is 0 Å². The minimum absolute atomic E-state index is 0.910. The molecule has 0 radical (unpaired) electrons. The summed E-state index contributed by atoms with van der Waals surface area (Å²) in [4.78, 5) is 4.91. The van der Waals surface area contributed by atoms with E-state index in [1.807, 2.05) is 0 Å². The van der Waals surface area contributed by atoms with E-state index in [1.165, 1.54) is 52.1 Å². The second-order valence-electron chi connectivity index (χ2n) is 4.98. The van der Waals surface area contributed by atoms with E-state index in [0.717, 1.165) is 12.5 Å². The Bertz CT molecular complexity index is 161. The summed E-state index contributed by atoms with van der Waals surface area (Å²) in [5, 5.41) is 3.61. The molecule has 0 saturated carbocycles. The number of piperidine rings is 1. The molecule has 1 aliphatic rings. The molecule has 0 aromatic rings. The van der Waals surface area contributed by atoms with E-state index in [4.69, 9.17) is 0 Å². The highest BCUT2D eigenvalue weighted by Gasteiger charge is 2.15. The first-order valence-electron chi connectivity index (χ1n) is 6.87. The molecule has 1 fully saturated rings. The van der Waals surface area contributed by atoms with Crippen LogP contribution in [-0.2, 0) is 0 Å². The van der Waals surface area contributed by atoms with Gasteiger partial charge in [0.15, 0.2) is 0 Å². The molecule has 0 spiro atoms. The van der Waals surface area contributed by atoms with Crippen LogP contribution in [0, 0.1) is 5.92 Å². The normalized spacial score (nSPS) is 19.5. The predicted molar refractivity (Wildman–Crippen MR) is 70.9 cm³/mol. The Balaban J connectivity index is 1.98. The van der Waals surface area contributed by atoms with E-state index in [0.29, 0.717) is 0 Å². The zero-order valence-electron chi connectivity index (χ0n) is 11.3. The molecule has 3 heteroatoms. The van der Waals surface area contributed by atoms with Crippen LogP contribution in [0.1, 0.15) is 26.7 Å². The second kappa shape index (κ2) is 8.04. The fourth-order valence-electron chi connectivity index (χ4n) is 2.35. The maximum atomic E-state index is 3.61. The first-order chi connectivity index (χ1) is 7.76. The lowest BCUT2D eigenvalue weighted by Crippen LogP contribution is -2.37. The second-order valence-corrected chi connectivity index (χ2v) is 4.98. The van der Waals surface area contributed by atoms with E-state index >= 15 is 0 Å². The molecule has 0 aromatic heterocycles. The number of likely N-dealkylation sites (tertiary alicyclic amines) is 1. The molecule has 0 unspecified atom stereocenters. The van der Waals surface area contributed by atoms with Crippen LogP contribution in [0.5, 0.6) is 0 Å². The summed E-state index contributed by atoms with van der Waals surface area (Å²) in [6.45, 7) is 12.9. The molecule has 1 rings (SSSR count). The number of likely N-dealkylation sites (N-methyl/N-ethyl adjacent to an activating group) is 1. The highest BCUT2D eigenvalue weighted by atomic mass is 15.1. The van der Waals surface area contributed by atoms with Gasteiger partial charge in [0, 0.05) is 13.1 Å². The molecular weight excluding hydrogens is 198 g/mol. The summed E-state index contributed by atoms with van der Waals surface area (Å²) >= 11 is 0. The Kier molecular flexibility index (Phi) is 7.01. The van der Waals surface area contributed by atoms with Crippen LogP contribution < -0.4 is 5.32 Å². The zero-order chi connectivity index (χ0) is 11.8. The lowest BCUT2D eigenvalue weighted by atomic mass is 9.97. The Labute approximate surface area is 101 Å². The Morgan fingerprint density at radius 3 is 2.38 bits per heavy atom. The molecule has 0 bridgehead atoms. The molecule has 16 heavy (non-hydrogen) atoms. The summed E-state index contributed by atoms with van der Waals surface area (Å²) in [5.41, 5.74) is 0. The number of rotatable bonds is 7. The van der Waals surface area contributed by atoms with Crippen LogP contribution >= 0.6 is 0 Å². The van der Waals surface area contributed by atoms with Crippen molar-refractivity contribution in [3.63, 3.8) is 0 Å². The van der Waals surface area contributed by atoms with Crippen LogP contribution in [-0.4, -0.2) is 62.7 Å². The van der Waals surface area contributed by atoms with Gasteiger partial charge in [-0.15, -0.1) is 0 Å². The van der Waals surface area contributed by atoms with Crippen molar-refractivity contribution in [2.24, 2.45) is 5.92 Å². The van der Waals surface area contributed by atoms with Crippen LogP contribution in [0.3, 0.4) is 0 Å². The van der Waals surface area contributed by atoms with Crippen LogP contribution in [0.4, 0.5) is 0 Å². The van der Waals surface area contributed by atoms with Gasteiger partial charge < -0.3 is 15.1 Å². The van der Waals surface area contributed by atoms with Gasteiger partial charge in [0.2, 0.25) is 0 Å². The van der Waals surface area contributed by atoms with Crippen LogP contribution in [0.25, 0.3) is 0 Å². The summed E-state index contributed by atoms with van der Waals surface area (Å²) < 4.78 is 0. The highest BCUT2D eigenvalue weighted by Crippen LogP contribution is 2.14. The van der Waals surface area contributed by atoms with E-state index < -0.39 is 0 Å². The average Bonchev–Trinajstić information content (AvgIpc) is 2.32. The molecule has 3 nitrogen and oxygen atoms in total. The Morgan fingerprint density at radius 1 is 1.19 bits per heavy atom. The summed E-state index contributed by atoms with van der Waals surface area (Å²) in [6, 6.07) is 0. The Morgan fingerprint density at radius 2 is 1.81 bits per heavy atom. The highest BCUT2D eigenvalue weighted by molar-refractivity contribution is 4.72. The summed E-state index contributed by atoms with van der Waals surface area (Å²) in [7, 11) is 2.23. The number of nitrogens with zero attached hydrogens (tertiary/aromatic N) is 2. The fourth-order valence-corrected chi connectivity index (χ4v) is 2.35. The maximum absolute atomic E-state index is 3.61. The molecule has 1 saturated heterocycles. The van der Waals surface area contributed by atoms with Gasteiger partial charge in [0.25, 0.3) is 0 Å². The molecule has 0 aliphatic carbocycles. The van der Waals surface area contributed by atoms with Gasteiger partial charge >= 0.3 is 0 Å². The van der Waals surface area contributed by atoms with E-state index in [9.17, 15) is 0 Å². The van der Waals surface area contributed by atoms with E-state index in [-0.39, 0.29) is 0 Å². The van der Waals surface area contributed by atoms with Crippen molar-refractivity contribution in [3.8, 4) is 0 Å². The fraction of sp³-hybridized carbons (Fsp3) is 1.00. The first kappa shape index (κ1) is 13.9. The minimum Gasteiger partial charge on any atom is -0.315 e. The molecular formula is C13H29N3. The van der Waals surface area contributed by atoms with Crippen molar-refractivity contribution in [1.29, 1.82) is 0 Å². The minimum atomic E-state index is 0.910. The molecule has 1 aliphatic heterocycles. The predicted octanol–water partition coefficient (Wildman–Crippen LogP) is 1.26. The molecule has 0 amide bonds. The Hall–Kier alpha value is -0.120. The third-order valence-electron chi connectivity index (χ3n) is 3.77. The van der Waals surface area contributed by atoms with Crippen molar-refractivity contribution in [3.05, 3.63) is 0 Å². The van der Waals surface area contributed by atoms with Crippen molar-refractivity contribution in [1.82, 2.24) is 15.1 Å². The largest absolute Gasteiger partial charge is 0.315 e. The lowest BCUT2D eigenvalue weighted by Gasteiger charge is -2.29. The molecule has 1 heterocycles. The van der Waals surface area contributed by atoms with Crippen molar-refractivity contribution < 1.29 is 0 Å². The van der Waals surface area contributed by atoms with Crippen molar-refractivity contribution in [2.75, 3.05) is 52.9 Å². The lowest BCUT2D eigenvalue weighted by molar-refractivity contribution is 0.213. The molecule has 0 aromatic carbocycles. The number of hydrogen-bond donors (Lipinski definition) is 1. The van der Waals surface area contributed by atoms with Gasteiger partial charge in [-0.05, 0) is 58.5 Å². The van der Waals surface area contributed by atoms with Crippen molar-refractivity contribution in [2.45, 2.75) is 26.7 Å². The monoisotopic (exact) mass is 227 g/mol.